The standard InChI is InChI=1S/C20H34N6O2/c1-5-12-28-19-7-6-17(13-22-19)14-23-20(21-4)26-10-8-25(9-11-26)15-18(27)24-16(2)3/h6-7,13,16H,5,8-12,14-15H2,1-4H3,(H,21,23)(H,24,27). The molecule has 28 heavy (non-hydrogen) atoms. The summed E-state index contributed by atoms with van der Waals surface area (Å²) in [7, 11) is 1.80. The largest absolute Gasteiger partial charge is 0.478 e. The van der Waals surface area contributed by atoms with Gasteiger partial charge < -0.3 is 20.3 Å². The molecular formula is C20H34N6O2. The van der Waals surface area contributed by atoms with Gasteiger partial charge in [-0.15, -0.1) is 0 Å². The predicted octanol–water partition coefficient (Wildman–Crippen LogP) is 1.09. The van der Waals surface area contributed by atoms with Crippen LogP contribution < -0.4 is 15.4 Å². The number of guanidine groups is 1. The van der Waals surface area contributed by atoms with Crippen LogP contribution >= 0.6 is 0 Å². The highest BCUT2D eigenvalue weighted by atomic mass is 16.5. The minimum Gasteiger partial charge on any atom is -0.478 e. The number of amides is 1. The second-order valence-electron chi connectivity index (χ2n) is 7.24. The number of hydrogen-bond donors (Lipinski definition) is 2. The Bertz CT molecular complexity index is 624. The molecule has 0 aliphatic carbocycles. The Hall–Kier alpha value is -2.35. The maximum Gasteiger partial charge on any atom is 0.234 e. The molecule has 2 N–H and O–H groups in total. The van der Waals surface area contributed by atoms with Gasteiger partial charge in [-0.2, -0.15) is 0 Å². The molecule has 1 aliphatic heterocycles. The quantitative estimate of drug-likeness (QED) is 0.511. The number of nitrogens with one attached hydrogen (secondary N) is 2. The lowest BCUT2D eigenvalue weighted by molar-refractivity contribution is -0.123. The second-order valence-corrected chi connectivity index (χ2v) is 7.24. The first-order valence-corrected chi connectivity index (χ1v) is 10.1. The Balaban J connectivity index is 1.76. The van der Waals surface area contributed by atoms with Crippen LogP contribution in [0.25, 0.3) is 0 Å². The third kappa shape index (κ3) is 7.34. The summed E-state index contributed by atoms with van der Waals surface area (Å²) in [5.41, 5.74) is 1.08. The van der Waals surface area contributed by atoms with Gasteiger partial charge in [0, 0.05) is 58.1 Å². The topological polar surface area (TPSA) is 82.1 Å². The van der Waals surface area contributed by atoms with E-state index >= 15 is 0 Å². The van der Waals surface area contributed by atoms with Crippen LogP contribution in [0.3, 0.4) is 0 Å². The number of pyridine rings is 1. The first-order chi connectivity index (χ1) is 13.5. The van der Waals surface area contributed by atoms with E-state index in [0.29, 0.717) is 25.6 Å². The average Bonchev–Trinajstić information content (AvgIpc) is 2.68. The SMILES string of the molecule is CCCOc1ccc(CNC(=NC)N2CCN(CC(=O)NC(C)C)CC2)cn1. The summed E-state index contributed by atoms with van der Waals surface area (Å²) < 4.78 is 5.51. The fourth-order valence-corrected chi connectivity index (χ4v) is 3.01. The second kappa shape index (κ2) is 11.5. The molecule has 8 nitrogen and oxygen atoms in total. The molecule has 0 saturated carbocycles. The highest BCUT2D eigenvalue weighted by Gasteiger charge is 2.21. The molecule has 156 valence electrons. The Kier molecular flexibility index (Phi) is 9.00. The molecule has 0 radical (unpaired) electrons. The number of carbonyl (C=O) groups is 1. The van der Waals surface area contributed by atoms with Gasteiger partial charge in [-0.3, -0.25) is 14.7 Å². The monoisotopic (exact) mass is 390 g/mol. The van der Waals surface area contributed by atoms with Gasteiger partial charge in [0.25, 0.3) is 0 Å². The molecule has 0 bridgehead atoms. The third-order valence-corrected chi connectivity index (χ3v) is 4.40. The van der Waals surface area contributed by atoms with Crippen molar-refractivity contribution in [3.05, 3.63) is 23.9 Å². The van der Waals surface area contributed by atoms with Crippen LogP contribution in [0.15, 0.2) is 23.3 Å². The lowest BCUT2D eigenvalue weighted by atomic mass is 10.3. The number of aromatic nitrogens is 1. The summed E-state index contributed by atoms with van der Waals surface area (Å²) in [5, 5.41) is 6.34. The average molecular weight is 391 g/mol. The minimum atomic E-state index is 0.0878. The van der Waals surface area contributed by atoms with E-state index in [1.54, 1.807) is 7.05 Å². The molecule has 2 heterocycles. The van der Waals surface area contributed by atoms with Crippen LogP contribution in [0.5, 0.6) is 5.88 Å². The third-order valence-electron chi connectivity index (χ3n) is 4.40. The fourth-order valence-electron chi connectivity index (χ4n) is 3.01. The van der Waals surface area contributed by atoms with Crippen molar-refractivity contribution in [2.24, 2.45) is 4.99 Å². The van der Waals surface area contributed by atoms with Crippen LogP contribution in [0.2, 0.25) is 0 Å². The van der Waals surface area contributed by atoms with Gasteiger partial charge in [-0.25, -0.2) is 4.98 Å². The van der Waals surface area contributed by atoms with Gasteiger partial charge in [-0.1, -0.05) is 13.0 Å². The number of nitrogens with zero attached hydrogens (tertiary/aromatic N) is 4. The van der Waals surface area contributed by atoms with Crippen molar-refractivity contribution < 1.29 is 9.53 Å². The van der Waals surface area contributed by atoms with Crippen LogP contribution in [0, 0.1) is 0 Å². The lowest BCUT2D eigenvalue weighted by Crippen LogP contribution is -2.54. The van der Waals surface area contributed by atoms with Crippen molar-refractivity contribution in [3.8, 4) is 5.88 Å². The minimum absolute atomic E-state index is 0.0878. The molecule has 1 saturated heterocycles. The Morgan fingerprint density at radius 2 is 2.04 bits per heavy atom. The molecular weight excluding hydrogens is 356 g/mol. The maximum absolute atomic E-state index is 11.9. The van der Waals surface area contributed by atoms with Crippen LogP contribution in [-0.2, 0) is 11.3 Å². The number of carbonyl (C=O) groups excluding carboxylic acids is 1. The Morgan fingerprint density at radius 3 is 2.61 bits per heavy atom. The zero-order valence-electron chi connectivity index (χ0n) is 17.6. The molecule has 1 amide bonds. The van der Waals surface area contributed by atoms with Gasteiger partial charge in [0.2, 0.25) is 11.8 Å². The molecule has 0 spiro atoms. The first kappa shape index (κ1) is 21.9. The van der Waals surface area contributed by atoms with Gasteiger partial charge in [0.05, 0.1) is 13.2 Å². The summed E-state index contributed by atoms with van der Waals surface area (Å²) >= 11 is 0. The lowest BCUT2D eigenvalue weighted by Gasteiger charge is -2.36. The summed E-state index contributed by atoms with van der Waals surface area (Å²) in [6.45, 7) is 11.2. The van der Waals surface area contributed by atoms with Crippen molar-refractivity contribution in [2.75, 3.05) is 46.4 Å². The van der Waals surface area contributed by atoms with E-state index in [2.05, 4.69) is 37.3 Å². The highest BCUT2D eigenvalue weighted by molar-refractivity contribution is 5.80. The molecule has 1 fully saturated rings. The molecule has 0 unspecified atom stereocenters. The Morgan fingerprint density at radius 1 is 1.29 bits per heavy atom. The predicted molar refractivity (Wildman–Crippen MR) is 112 cm³/mol. The Labute approximate surface area is 168 Å². The number of ether oxygens (including phenoxy) is 1. The number of rotatable bonds is 8. The first-order valence-electron chi connectivity index (χ1n) is 10.1. The van der Waals surface area contributed by atoms with Gasteiger partial charge in [-0.05, 0) is 25.8 Å². The fraction of sp³-hybridized carbons (Fsp3) is 0.650. The van der Waals surface area contributed by atoms with Crippen molar-refractivity contribution in [3.63, 3.8) is 0 Å². The van der Waals surface area contributed by atoms with Crippen LogP contribution in [-0.4, -0.2) is 79.1 Å². The smallest absolute Gasteiger partial charge is 0.234 e. The molecule has 0 aromatic carbocycles. The maximum atomic E-state index is 11.9. The van der Waals surface area contributed by atoms with Gasteiger partial charge in [0.15, 0.2) is 5.96 Å². The normalized spacial score (nSPS) is 15.6. The van der Waals surface area contributed by atoms with Crippen molar-refractivity contribution in [1.82, 2.24) is 25.4 Å². The van der Waals surface area contributed by atoms with Crippen molar-refractivity contribution in [2.45, 2.75) is 39.8 Å². The number of piperazine rings is 1. The molecule has 1 aromatic rings. The van der Waals surface area contributed by atoms with Gasteiger partial charge >= 0.3 is 0 Å². The highest BCUT2D eigenvalue weighted by Crippen LogP contribution is 2.08. The molecule has 0 atom stereocenters. The van der Waals surface area contributed by atoms with Crippen molar-refractivity contribution >= 4 is 11.9 Å². The van der Waals surface area contributed by atoms with E-state index in [0.717, 1.165) is 44.1 Å². The summed E-state index contributed by atoms with van der Waals surface area (Å²) in [5.74, 6) is 1.62. The van der Waals surface area contributed by atoms with Crippen molar-refractivity contribution in [1.29, 1.82) is 0 Å². The molecule has 1 aliphatic rings. The van der Waals surface area contributed by atoms with E-state index in [9.17, 15) is 4.79 Å². The van der Waals surface area contributed by atoms with Crippen LogP contribution in [0.1, 0.15) is 32.8 Å². The molecule has 8 heteroatoms. The van der Waals surface area contributed by atoms with E-state index in [-0.39, 0.29) is 11.9 Å². The van der Waals surface area contributed by atoms with E-state index in [1.807, 2.05) is 32.2 Å². The van der Waals surface area contributed by atoms with E-state index in [4.69, 9.17) is 4.74 Å². The van der Waals surface area contributed by atoms with E-state index in [1.165, 1.54) is 0 Å². The zero-order chi connectivity index (χ0) is 20.4. The summed E-state index contributed by atoms with van der Waals surface area (Å²) in [6, 6.07) is 4.10. The number of hydrogen-bond acceptors (Lipinski definition) is 5. The molecule has 1 aromatic heterocycles. The summed E-state index contributed by atoms with van der Waals surface area (Å²) in [4.78, 5) is 25.1. The number of aliphatic imine (C=N–C) groups is 1. The molecule has 2 rings (SSSR count). The van der Waals surface area contributed by atoms with Crippen LogP contribution in [0.4, 0.5) is 0 Å². The van der Waals surface area contributed by atoms with Gasteiger partial charge in [0.1, 0.15) is 0 Å². The zero-order valence-corrected chi connectivity index (χ0v) is 17.6. The van der Waals surface area contributed by atoms with E-state index < -0.39 is 0 Å². The summed E-state index contributed by atoms with van der Waals surface area (Å²) in [6.07, 6.45) is 2.80.